The van der Waals surface area contributed by atoms with Crippen LogP contribution in [0.2, 0.25) is 0 Å². The van der Waals surface area contributed by atoms with Gasteiger partial charge in [-0.3, -0.25) is 4.68 Å². The topological polar surface area (TPSA) is 41.9 Å². The van der Waals surface area contributed by atoms with Crippen LogP contribution in [0, 0.1) is 5.82 Å². The number of halogens is 1. The van der Waals surface area contributed by atoms with E-state index >= 15 is 0 Å². The molecule has 2 aromatic carbocycles. The zero-order valence-electron chi connectivity index (χ0n) is 12.2. The van der Waals surface area contributed by atoms with Crippen LogP contribution in [-0.2, 0) is 6.54 Å². The third kappa shape index (κ3) is 4.37. The number of hydrogen-bond acceptors (Lipinski definition) is 2. The Labute approximate surface area is 139 Å². The van der Waals surface area contributed by atoms with Gasteiger partial charge in [0.15, 0.2) is 5.11 Å². The molecule has 0 aliphatic rings. The molecule has 0 amide bonds. The quantitative estimate of drug-likeness (QED) is 0.714. The molecule has 0 bridgehead atoms. The number of nitrogens with zero attached hydrogens (tertiary/aromatic N) is 2. The summed E-state index contributed by atoms with van der Waals surface area (Å²) in [7, 11) is 0. The lowest BCUT2D eigenvalue weighted by Gasteiger charge is -2.08. The lowest BCUT2D eigenvalue weighted by atomic mass is 10.2. The number of nitrogens with one attached hydrogen (secondary N) is 2. The SMILES string of the molecule is Fc1ccc(NC(=S)Nc2cnn(Cc3ccccc3)c2)cc1. The Kier molecular flexibility index (Phi) is 4.63. The van der Waals surface area contributed by atoms with Crippen LogP contribution < -0.4 is 10.6 Å². The van der Waals surface area contributed by atoms with Crippen LogP contribution in [-0.4, -0.2) is 14.9 Å². The summed E-state index contributed by atoms with van der Waals surface area (Å²) in [6.45, 7) is 0.695. The maximum absolute atomic E-state index is 12.9. The van der Waals surface area contributed by atoms with Crippen LogP contribution in [0.4, 0.5) is 15.8 Å². The number of anilines is 2. The van der Waals surface area contributed by atoms with Crippen molar-refractivity contribution in [2.45, 2.75) is 6.54 Å². The first kappa shape index (κ1) is 15.2. The molecule has 1 heterocycles. The van der Waals surface area contributed by atoms with Gasteiger partial charge in [0.25, 0.3) is 0 Å². The Morgan fingerprint density at radius 1 is 1.00 bits per heavy atom. The fraction of sp³-hybridized carbons (Fsp3) is 0.0588. The molecule has 6 heteroatoms. The summed E-state index contributed by atoms with van der Waals surface area (Å²) < 4.78 is 14.7. The molecular weight excluding hydrogens is 311 g/mol. The van der Waals surface area contributed by atoms with E-state index in [4.69, 9.17) is 12.2 Å². The maximum Gasteiger partial charge on any atom is 0.175 e. The van der Waals surface area contributed by atoms with Crippen molar-refractivity contribution in [3.63, 3.8) is 0 Å². The Morgan fingerprint density at radius 3 is 2.43 bits per heavy atom. The first-order valence-corrected chi connectivity index (χ1v) is 7.50. The largest absolute Gasteiger partial charge is 0.332 e. The van der Waals surface area contributed by atoms with Crippen molar-refractivity contribution < 1.29 is 4.39 Å². The van der Waals surface area contributed by atoms with Gasteiger partial charge in [0.1, 0.15) is 5.82 Å². The third-order valence-corrected chi connectivity index (χ3v) is 3.38. The molecule has 0 radical (unpaired) electrons. The van der Waals surface area contributed by atoms with Crippen molar-refractivity contribution in [2.24, 2.45) is 0 Å². The highest BCUT2D eigenvalue weighted by Crippen LogP contribution is 2.11. The van der Waals surface area contributed by atoms with Crippen molar-refractivity contribution >= 4 is 28.7 Å². The van der Waals surface area contributed by atoms with E-state index in [-0.39, 0.29) is 5.82 Å². The van der Waals surface area contributed by atoms with Crippen molar-refractivity contribution in [1.82, 2.24) is 9.78 Å². The second-order valence-electron chi connectivity index (χ2n) is 5.00. The summed E-state index contributed by atoms with van der Waals surface area (Å²) >= 11 is 5.24. The molecule has 0 spiro atoms. The third-order valence-electron chi connectivity index (χ3n) is 3.18. The Morgan fingerprint density at radius 2 is 1.70 bits per heavy atom. The highest BCUT2D eigenvalue weighted by atomic mass is 32.1. The molecule has 0 saturated heterocycles. The van der Waals surface area contributed by atoms with Crippen LogP contribution in [0.25, 0.3) is 0 Å². The summed E-state index contributed by atoms with van der Waals surface area (Å²) in [4.78, 5) is 0. The van der Waals surface area contributed by atoms with Gasteiger partial charge in [0, 0.05) is 11.9 Å². The lowest BCUT2D eigenvalue weighted by Crippen LogP contribution is -2.18. The van der Waals surface area contributed by atoms with Gasteiger partial charge in [-0.05, 0) is 42.0 Å². The van der Waals surface area contributed by atoms with Crippen LogP contribution in [0.1, 0.15) is 5.56 Å². The van der Waals surface area contributed by atoms with Gasteiger partial charge in [-0.1, -0.05) is 30.3 Å². The first-order chi connectivity index (χ1) is 11.2. The van der Waals surface area contributed by atoms with Crippen molar-refractivity contribution in [3.8, 4) is 0 Å². The molecule has 0 aliphatic carbocycles. The zero-order valence-corrected chi connectivity index (χ0v) is 13.1. The molecule has 4 nitrogen and oxygen atoms in total. The van der Waals surface area contributed by atoms with E-state index in [0.717, 1.165) is 11.4 Å². The molecule has 0 atom stereocenters. The predicted molar refractivity (Wildman–Crippen MR) is 94.0 cm³/mol. The average molecular weight is 326 g/mol. The van der Waals surface area contributed by atoms with Crippen LogP contribution in [0.5, 0.6) is 0 Å². The van der Waals surface area contributed by atoms with Gasteiger partial charge < -0.3 is 10.6 Å². The Balaban J connectivity index is 1.58. The van der Waals surface area contributed by atoms with Crippen molar-refractivity contribution in [2.75, 3.05) is 10.6 Å². The summed E-state index contributed by atoms with van der Waals surface area (Å²) in [5.41, 5.74) is 2.69. The molecule has 0 fully saturated rings. The van der Waals surface area contributed by atoms with Gasteiger partial charge in [-0.2, -0.15) is 5.10 Å². The first-order valence-electron chi connectivity index (χ1n) is 7.09. The molecule has 3 aromatic rings. The van der Waals surface area contributed by atoms with Gasteiger partial charge in [-0.25, -0.2) is 4.39 Å². The molecule has 3 rings (SSSR count). The molecule has 23 heavy (non-hydrogen) atoms. The summed E-state index contributed by atoms with van der Waals surface area (Å²) in [6.07, 6.45) is 3.59. The van der Waals surface area contributed by atoms with Gasteiger partial charge in [0.2, 0.25) is 0 Å². The van der Waals surface area contributed by atoms with E-state index < -0.39 is 0 Å². The van der Waals surface area contributed by atoms with Crippen molar-refractivity contribution in [1.29, 1.82) is 0 Å². The minimum Gasteiger partial charge on any atom is -0.332 e. The molecule has 0 aliphatic heterocycles. The highest BCUT2D eigenvalue weighted by molar-refractivity contribution is 7.80. The highest BCUT2D eigenvalue weighted by Gasteiger charge is 2.03. The number of benzene rings is 2. The van der Waals surface area contributed by atoms with E-state index in [1.807, 2.05) is 29.1 Å². The van der Waals surface area contributed by atoms with E-state index in [2.05, 4.69) is 27.9 Å². The minimum atomic E-state index is -0.281. The molecule has 0 saturated carbocycles. The van der Waals surface area contributed by atoms with Crippen LogP contribution >= 0.6 is 12.2 Å². The fourth-order valence-electron chi connectivity index (χ4n) is 2.11. The molecule has 1 aromatic heterocycles. The van der Waals surface area contributed by atoms with Crippen LogP contribution in [0.15, 0.2) is 67.0 Å². The predicted octanol–water partition coefficient (Wildman–Crippen LogP) is 3.88. The average Bonchev–Trinajstić information content (AvgIpc) is 2.97. The number of hydrogen-bond donors (Lipinski definition) is 2. The Bertz CT molecular complexity index is 784. The van der Waals surface area contributed by atoms with E-state index in [1.54, 1.807) is 18.3 Å². The second-order valence-corrected chi connectivity index (χ2v) is 5.41. The zero-order chi connectivity index (χ0) is 16.1. The van der Waals surface area contributed by atoms with E-state index in [0.29, 0.717) is 11.7 Å². The smallest absolute Gasteiger partial charge is 0.175 e. The van der Waals surface area contributed by atoms with Gasteiger partial charge in [0.05, 0.1) is 18.4 Å². The summed E-state index contributed by atoms with van der Waals surface area (Å²) in [5.74, 6) is -0.281. The number of aromatic nitrogens is 2. The molecule has 0 unspecified atom stereocenters. The summed E-state index contributed by atoms with van der Waals surface area (Å²) in [5, 5.41) is 10.8. The maximum atomic E-state index is 12.9. The lowest BCUT2D eigenvalue weighted by molar-refractivity contribution is 0.628. The molecular formula is C17H15FN4S. The number of thiocarbonyl (C=S) groups is 1. The van der Waals surface area contributed by atoms with Crippen molar-refractivity contribution in [3.05, 3.63) is 78.4 Å². The molecule has 116 valence electrons. The van der Waals surface area contributed by atoms with E-state index in [1.165, 1.54) is 17.7 Å². The summed E-state index contributed by atoms with van der Waals surface area (Å²) in [6, 6.07) is 16.1. The normalized spacial score (nSPS) is 10.3. The molecule has 2 N–H and O–H groups in total. The fourth-order valence-corrected chi connectivity index (χ4v) is 2.35. The van der Waals surface area contributed by atoms with Crippen LogP contribution in [0.3, 0.4) is 0 Å². The Hall–Kier alpha value is -2.73. The van der Waals surface area contributed by atoms with Gasteiger partial charge >= 0.3 is 0 Å². The van der Waals surface area contributed by atoms with Gasteiger partial charge in [-0.15, -0.1) is 0 Å². The second kappa shape index (κ2) is 7.02. The number of rotatable bonds is 4. The monoisotopic (exact) mass is 326 g/mol. The van der Waals surface area contributed by atoms with E-state index in [9.17, 15) is 4.39 Å². The minimum absolute atomic E-state index is 0.281. The standard InChI is InChI=1S/C17H15FN4S/c18-14-6-8-15(9-7-14)20-17(23)21-16-10-19-22(12-16)11-13-4-2-1-3-5-13/h1-10,12H,11H2,(H2,20,21,23).